The van der Waals surface area contributed by atoms with Crippen LogP contribution in [0, 0.1) is 11.6 Å². The molecule has 0 atom stereocenters. The van der Waals surface area contributed by atoms with Gasteiger partial charge in [-0.3, -0.25) is 0 Å². The monoisotopic (exact) mass is 648 g/mol. The van der Waals surface area contributed by atoms with Crippen LogP contribution in [0.25, 0.3) is 67.5 Å². The third-order valence-corrected chi connectivity index (χ3v) is 15.8. The predicted octanol–water partition coefficient (Wildman–Crippen LogP) is 9.42. The Morgan fingerprint density at radius 3 is 1.47 bits per heavy atom. The quantitative estimate of drug-likeness (QED) is 0.164. The second kappa shape index (κ2) is 7.45. The summed E-state index contributed by atoms with van der Waals surface area (Å²) in [4.78, 5) is 2.08. The molecule has 164 valence electrons. The van der Waals surface area contributed by atoms with Crippen molar-refractivity contribution >= 4 is 123 Å². The first kappa shape index (κ1) is 20.6. The summed E-state index contributed by atoms with van der Waals surface area (Å²) in [6.45, 7) is 0. The Labute approximate surface area is 219 Å². The van der Waals surface area contributed by atoms with Gasteiger partial charge in [0, 0.05) is 0 Å². The molecule has 0 aliphatic carbocycles. The van der Waals surface area contributed by atoms with Gasteiger partial charge in [-0.05, 0) is 0 Å². The minimum absolute atomic E-state index is 0.0286. The Morgan fingerprint density at radius 2 is 1.06 bits per heavy atom. The van der Waals surface area contributed by atoms with E-state index in [2.05, 4.69) is 24.3 Å². The molecule has 0 spiro atoms. The molecule has 0 nitrogen and oxygen atoms in total. The fourth-order valence-electron chi connectivity index (χ4n) is 4.51. The second-order valence-electron chi connectivity index (χ2n) is 8.00. The van der Waals surface area contributed by atoms with Gasteiger partial charge in [0.25, 0.3) is 0 Å². The van der Waals surface area contributed by atoms with E-state index >= 15 is 8.78 Å². The van der Waals surface area contributed by atoms with E-state index in [1.165, 1.54) is 20.2 Å². The van der Waals surface area contributed by atoms with Crippen molar-refractivity contribution in [1.29, 1.82) is 0 Å². The zero-order chi connectivity index (χ0) is 22.6. The van der Waals surface area contributed by atoms with E-state index in [9.17, 15) is 0 Å². The van der Waals surface area contributed by atoms with Crippen molar-refractivity contribution in [3.05, 3.63) is 70.9 Å². The van der Waals surface area contributed by atoms with Crippen molar-refractivity contribution in [2.75, 3.05) is 0 Å². The molecule has 0 aliphatic rings. The predicted molar refractivity (Wildman–Crippen MR) is 150 cm³/mol. The van der Waals surface area contributed by atoms with Crippen LogP contribution in [0.5, 0.6) is 0 Å². The van der Waals surface area contributed by atoms with Gasteiger partial charge in [0.05, 0.1) is 0 Å². The number of thiophene rings is 4. The Balaban J connectivity index is 1.38. The van der Waals surface area contributed by atoms with Gasteiger partial charge in [0.15, 0.2) is 0 Å². The van der Waals surface area contributed by atoms with Crippen LogP contribution in [0.2, 0.25) is 0 Å². The van der Waals surface area contributed by atoms with Crippen molar-refractivity contribution in [1.82, 2.24) is 0 Å². The number of halogens is 2. The maximum absolute atomic E-state index is 15.3. The number of hydrogen-bond acceptors (Lipinski definition) is 4. The Kier molecular flexibility index (Phi) is 4.51. The number of benzene rings is 2. The molecule has 0 saturated heterocycles. The molecule has 8 heteroatoms. The fourth-order valence-corrected chi connectivity index (χ4v) is 13.8. The van der Waals surface area contributed by atoms with Gasteiger partial charge in [0.2, 0.25) is 0 Å². The van der Waals surface area contributed by atoms with Crippen LogP contribution >= 0.6 is 45.3 Å². The van der Waals surface area contributed by atoms with Gasteiger partial charge in [-0.2, -0.15) is 0 Å². The summed E-state index contributed by atoms with van der Waals surface area (Å²) in [6, 6.07) is 16.5. The van der Waals surface area contributed by atoms with Crippen molar-refractivity contribution in [3.63, 3.8) is 0 Å². The first-order valence-corrected chi connectivity index (χ1v) is 17.2. The summed E-state index contributed by atoms with van der Waals surface area (Å²) in [5.41, 5.74) is 0. The Morgan fingerprint density at radius 1 is 0.588 bits per heavy atom. The molecular formula is C26H10F2S4Se2. The van der Waals surface area contributed by atoms with Crippen LogP contribution in [0.3, 0.4) is 0 Å². The van der Waals surface area contributed by atoms with Crippen molar-refractivity contribution in [2.45, 2.75) is 0 Å². The van der Waals surface area contributed by atoms with Crippen LogP contribution in [0.15, 0.2) is 59.3 Å². The average molecular weight is 647 g/mol. The molecule has 0 saturated carbocycles. The molecular weight excluding hydrogens is 636 g/mol. The van der Waals surface area contributed by atoms with Crippen LogP contribution in [-0.4, -0.2) is 29.0 Å². The molecule has 6 heterocycles. The third kappa shape index (κ3) is 2.83. The molecule has 8 aromatic rings. The SMILES string of the molecule is Fc1c(-c2cccs2)[se]c2cc3c(cc12)sc1c2cc4[se]c(-c5cccs5)c(F)c4cc2sc31. The minimum atomic E-state index is -0.0517. The first-order valence-electron chi connectivity index (χ1n) is 10.4. The molecule has 0 aliphatic heterocycles. The summed E-state index contributed by atoms with van der Waals surface area (Å²) in [5.74, 6) is -0.103. The normalized spacial score (nSPS) is 12.4. The Bertz CT molecular complexity index is 1880. The standard InChI is InChI=1S/C26H10F2S4Se2/c27-21-13-7-17-11(9-19(13)33-25(21)15-3-1-5-29-15)23-24(31-17)12-10-20-14(8-18(12)32-23)22(28)26(34-20)16-4-2-6-30-16/h1-10H. The van der Waals surface area contributed by atoms with E-state index in [4.69, 9.17) is 0 Å². The molecule has 0 fully saturated rings. The van der Waals surface area contributed by atoms with E-state index in [-0.39, 0.29) is 40.6 Å². The topological polar surface area (TPSA) is 0 Å². The molecule has 34 heavy (non-hydrogen) atoms. The Hall–Kier alpha value is -1.60. The number of rotatable bonds is 2. The summed E-state index contributed by atoms with van der Waals surface area (Å²) < 4.78 is 39.4. The van der Waals surface area contributed by atoms with Gasteiger partial charge in [-0.25, -0.2) is 0 Å². The van der Waals surface area contributed by atoms with Gasteiger partial charge in [0.1, 0.15) is 0 Å². The second-order valence-corrected chi connectivity index (χ2v) is 16.4. The van der Waals surface area contributed by atoms with E-state index in [1.54, 1.807) is 45.3 Å². The molecule has 2 aromatic carbocycles. The zero-order valence-electron chi connectivity index (χ0n) is 17.0. The summed E-state index contributed by atoms with van der Waals surface area (Å²) >= 11 is 6.64. The summed E-state index contributed by atoms with van der Waals surface area (Å²) in [7, 11) is 0. The summed E-state index contributed by atoms with van der Waals surface area (Å²) in [5, 5.41) is 7.98. The molecule has 0 unspecified atom stereocenters. The van der Waals surface area contributed by atoms with Gasteiger partial charge in [-0.1, -0.05) is 0 Å². The molecule has 0 amide bonds. The molecule has 8 rings (SSSR count). The fraction of sp³-hybridized carbons (Fsp3) is 0. The van der Waals surface area contributed by atoms with Crippen LogP contribution in [-0.2, 0) is 0 Å². The third-order valence-electron chi connectivity index (χ3n) is 6.07. The van der Waals surface area contributed by atoms with E-state index < -0.39 is 0 Å². The van der Waals surface area contributed by atoms with Crippen molar-refractivity contribution < 1.29 is 8.78 Å². The molecule has 6 aromatic heterocycles. The van der Waals surface area contributed by atoms with Gasteiger partial charge < -0.3 is 0 Å². The number of hydrogen-bond donors (Lipinski definition) is 0. The molecule has 0 N–H and O–H groups in total. The van der Waals surface area contributed by atoms with E-state index in [0.717, 1.165) is 47.3 Å². The molecule has 0 radical (unpaired) electrons. The van der Waals surface area contributed by atoms with Crippen LogP contribution in [0.4, 0.5) is 8.78 Å². The zero-order valence-corrected chi connectivity index (χ0v) is 23.7. The van der Waals surface area contributed by atoms with E-state index in [1.807, 2.05) is 35.0 Å². The molecule has 0 bridgehead atoms. The van der Waals surface area contributed by atoms with Crippen LogP contribution < -0.4 is 0 Å². The maximum atomic E-state index is 15.3. The number of fused-ring (bicyclic) bond motifs is 7. The summed E-state index contributed by atoms with van der Waals surface area (Å²) in [6.07, 6.45) is 0. The van der Waals surface area contributed by atoms with Crippen LogP contribution in [0.1, 0.15) is 0 Å². The average Bonchev–Trinajstić information content (AvgIpc) is 3.66. The van der Waals surface area contributed by atoms with Gasteiger partial charge in [-0.15, -0.1) is 0 Å². The van der Waals surface area contributed by atoms with Crippen molar-refractivity contribution in [2.24, 2.45) is 0 Å². The van der Waals surface area contributed by atoms with Gasteiger partial charge >= 0.3 is 222 Å². The van der Waals surface area contributed by atoms with Crippen molar-refractivity contribution in [3.8, 4) is 18.6 Å². The first-order chi connectivity index (χ1) is 16.7. The van der Waals surface area contributed by atoms with E-state index in [0.29, 0.717) is 0 Å².